The Kier molecular flexibility index (Phi) is 44.4. The summed E-state index contributed by atoms with van der Waals surface area (Å²) in [6, 6.07) is 0. The van der Waals surface area contributed by atoms with Crippen LogP contribution in [0, 0.1) is 0 Å². The van der Waals surface area contributed by atoms with E-state index in [0.717, 1.165) is 77.0 Å². The molecule has 0 spiro atoms. The van der Waals surface area contributed by atoms with Crippen LogP contribution in [-0.2, 0) is 28.6 Å². The highest BCUT2D eigenvalue weighted by Crippen LogP contribution is 2.14. The molecule has 0 aliphatic carbocycles. The molecule has 0 aromatic carbocycles. The van der Waals surface area contributed by atoms with Gasteiger partial charge in [-0.25, -0.2) is 0 Å². The smallest absolute Gasteiger partial charge is 0.306 e. The highest BCUT2D eigenvalue weighted by Gasteiger charge is 2.19. The predicted molar refractivity (Wildman–Crippen MR) is 242 cm³/mol. The van der Waals surface area contributed by atoms with Crippen LogP contribution in [0.4, 0.5) is 0 Å². The summed E-state index contributed by atoms with van der Waals surface area (Å²) in [5.41, 5.74) is 0. The van der Waals surface area contributed by atoms with Gasteiger partial charge in [-0.2, -0.15) is 0 Å². The molecule has 0 heterocycles. The Morgan fingerprint density at radius 1 is 0.351 bits per heavy atom. The maximum absolute atomic E-state index is 12.7. The van der Waals surface area contributed by atoms with Gasteiger partial charge in [-0.1, -0.05) is 198 Å². The fraction of sp³-hybridized carbons (Fsp3) is 0.824. The van der Waals surface area contributed by atoms with Crippen LogP contribution in [-0.4, -0.2) is 37.2 Å². The van der Waals surface area contributed by atoms with Gasteiger partial charge in [0, 0.05) is 19.3 Å². The summed E-state index contributed by atoms with van der Waals surface area (Å²) in [6.07, 6.45) is 52.6. The Hall–Kier alpha value is -2.37. The number of carbonyl (C=O) groups excluding carboxylic acids is 3. The zero-order chi connectivity index (χ0) is 41.5. The molecule has 0 bridgehead atoms. The van der Waals surface area contributed by atoms with E-state index in [9.17, 15) is 14.4 Å². The molecule has 0 amide bonds. The van der Waals surface area contributed by atoms with Gasteiger partial charge >= 0.3 is 17.9 Å². The quantitative estimate of drug-likeness (QED) is 0.0201. The van der Waals surface area contributed by atoms with E-state index < -0.39 is 6.10 Å². The van der Waals surface area contributed by atoms with E-state index in [1.54, 1.807) is 0 Å². The van der Waals surface area contributed by atoms with Gasteiger partial charge in [0.1, 0.15) is 13.2 Å². The molecular formula is C51H92O6. The SMILES string of the molecule is CCCCC/C=C\C=C/CCCCCCCCC(=O)OCC(COC(=O)CCCCCCCCCCCC)OC(=O)CCCCC/C=C\CCCCCCCCC. The lowest BCUT2D eigenvalue weighted by Gasteiger charge is -2.18. The largest absolute Gasteiger partial charge is 0.462 e. The van der Waals surface area contributed by atoms with Crippen molar-refractivity contribution in [3.8, 4) is 0 Å². The van der Waals surface area contributed by atoms with Crippen LogP contribution in [0.15, 0.2) is 36.5 Å². The molecule has 0 aromatic rings. The lowest BCUT2D eigenvalue weighted by Crippen LogP contribution is -2.30. The van der Waals surface area contributed by atoms with Crippen LogP contribution in [0.25, 0.3) is 0 Å². The minimum absolute atomic E-state index is 0.0798. The Bertz CT molecular complexity index is 969. The van der Waals surface area contributed by atoms with Gasteiger partial charge in [0.25, 0.3) is 0 Å². The number of rotatable bonds is 44. The van der Waals surface area contributed by atoms with E-state index in [2.05, 4.69) is 57.2 Å². The Balaban J connectivity index is 4.39. The zero-order valence-corrected chi connectivity index (χ0v) is 37.9. The topological polar surface area (TPSA) is 78.9 Å². The minimum Gasteiger partial charge on any atom is -0.462 e. The molecule has 0 saturated heterocycles. The van der Waals surface area contributed by atoms with Crippen LogP contribution in [0.3, 0.4) is 0 Å². The van der Waals surface area contributed by atoms with Crippen LogP contribution < -0.4 is 0 Å². The summed E-state index contributed by atoms with van der Waals surface area (Å²) in [5.74, 6) is -0.904. The molecule has 332 valence electrons. The molecule has 1 atom stereocenters. The van der Waals surface area contributed by atoms with Gasteiger partial charge in [0.05, 0.1) is 0 Å². The van der Waals surface area contributed by atoms with Crippen molar-refractivity contribution in [2.75, 3.05) is 13.2 Å². The van der Waals surface area contributed by atoms with Gasteiger partial charge in [-0.15, -0.1) is 0 Å². The van der Waals surface area contributed by atoms with Crippen molar-refractivity contribution in [2.24, 2.45) is 0 Å². The number of allylic oxidation sites excluding steroid dienone is 6. The molecule has 57 heavy (non-hydrogen) atoms. The summed E-state index contributed by atoms with van der Waals surface area (Å²) in [5, 5.41) is 0. The third-order valence-electron chi connectivity index (χ3n) is 10.6. The second-order valence-electron chi connectivity index (χ2n) is 16.4. The molecule has 0 rings (SSSR count). The number of unbranched alkanes of at least 4 members (excludes halogenated alkanes) is 28. The first-order chi connectivity index (χ1) is 28.0. The van der Waals surface area contributed by atoms with E-state index in [1.165, 1.54) is 135 Å². The van der Waals surface area contributed by atoms with Crippen LogP contribution in [0.5, 0.6) is 0 Å². The molecule has 0 N–H and O–H groups in total. The lowest BCUT2D eigenvalue weighted by molar-refractivity contribution is -0.167. The molecule has 0 aromatic heterocycles. The van der Waals surface area contributed by atoms with Gasteiger partial charge in [0.2, 0.25) is 0 Å². The minimum atomic E-state index is -0.779. The molecule has 6 nitrogen and oxygen atoms in total. The number of carbonyl (C=O) groups is 3. The average Bonchev–Trinajstić information content (AvgIpc) is 3.21. The highest BCUT2D eigenvalue weighted by molar-refractivity contribution is 5.71. The van der Waals surface area contributed by atoms with Crippen LogP contribution >= 0.6 is 0 Å². The van der Waals surface area contributed by atoms with E-state index >= 15 is 0 Å². The van der Waals surface area contributed by atoms with Crippen molar-refractivity contribution in [2.45, 2.75) is 258 Å². The first kappa shape index (κ1) is 54.6. The maximum Gasteiger partial charge on any atom is 0.306 e. The summed E-state index contributed by atoms with van der Waals surface area (Å²) in [4.78, 5) is 37.8. The first-order valence-electron chi connectivity index (χ1n) is 24.5. The molecule has 6 heteroatoms. The van der Waals surface area contributed by atoms with E-state index in [1.807, 2.05) is 0 Å². The fourth-order valence-corrected chi connectivity index (χ4v) is 6.90. The predicted octanol–water partition coefficient (Wildman–Crippen LogP) is 15.8. The average molecular weight is 801 g/mol. The summed E-state index contributed by atoms with van der Waals surface area (Å²) >= 11 is 0. The third-order valence-corrected chi connectivity index (χ3v) is 10.6. The van der Waals surface area contributed by atoms with Gasteiger partial charge < -0.3 is 14.2 Å². The summed E-state index contributed by atoms with van der Waals surface area (Å²) in [6.45, 7) is 6.57. The Labute approximate surface area is 353 Å². The second-order valence-corrected chi connectivity index (χ2v) is 16.4. The van der Waals surface area contributed by atoms with Crippen molar-refractivity contribution in [3.05, 3.63) is 36.5 Å². The zero-order valence-electron chi connectivity index (χ0n) is 37.9. The molecule has 1 unspecified atom stereocenters. The van der Waals surface area contributed by atoms with Crippen molar-refractivity contribution in [1.29, 1.82) is 0 Å². The summed E-state index contributed by atoms with van der Waals surface area (Å²) < 4.78 is 16.7. The second kappa shape index (κ2) is 46.3. The molecule has 0 aliphatic heterocycles. The van der Waals surface area contributed by atoms with Crippen molar-refractivity contribution in [1.82, 2.24) is 0 Å². The first-order valence-corrected chi connectivity index (χ1v) is 24.5. The number of hydrogen-bond donors (Lipinski definition) is 0. The highest BCUT2D eigenvalue weighted by atomic mass is 16.6. The van der Waals surface area contributed by atoms with Gasteiger partial charge in [-0.3, -0.25) is 14.4 Å². The molecule has 0 saturated carbocycles. The third kappa shape index (κ3) is 44.6. The monoisotopic (exact) mass is 801 g/mol. The van der Waals surface area contributed by atoms with Crippen molar-refractivity contribution in [3.63, 3.8) is 0 Å². The molecule has 0 fully saturated rings. The van der Waals surface area contributed by atoms with E-state index in [4.69, 9.17) is 14.2 Å². The molecule has 0 aliphatic rings. The Morgan fingerprint density at radius 3 is 1.04 bits per heavy atom. The standard InChI is InChI=1S/C51H92O6/c1-4-7-10-13-16-19-22-24-26-28-29-32-35-38-41-44-50(53)56-47-48(46-55-49(52)43-40-37-34-31-21-18-15-12-9-6-3)57-51(54)45-42-39-36-33-30-27-25-23-20-17-14-11-8-5-2/h16,19,22,24,27,30,48H,4-15,17-18,20-21,23,25-26,28-29,31-47H2,1-3H3/b19-16-,24-22-,30-27-. The van der Waals surface area contributed by atoms with Crippen molar-refractivity contribution >= 4 is 17.9 Å². The van der Waals surface area contributed by atoms with E-state index in [-0.39, 0.29) is 31.1 Å². The Morgan fingerprint density at radius 2 is 0.632 bits per heavy atom. The molecule has 0 radical (unpaired) electrons. The maximum atomic E-state index is 12.7. The van der Waals surface area contributed by atoms with Gasteiger partial charge in [0.15, 0.2) is 6.10 Å². The van der Waals surface area contributed by atoms with Crippen LogP contribution in [0.1, 0.15) is 252 Å². The van der Waals surface area contributed by atoms with Gasteiger partial charge in [-0.05, 0) is 70.6 Å². The number of ether oxygens (including phenoxy) is 3. The number of hydrogen-bond acceptors (Lipinski definition) is 6. The number of esters is 3. The molecular weight excluding hydrogens is 709 g/mol. The summed E-state index contributed by atoms with van der Waals surface area (Å²) in [7, 11) is 0. The lowest BCUT2D eigenvalue weighted by atomic mass is 10.1. The van der Waals surface area contributed by atoms with Crippen LogP contribution in [0.2, 0.25) is 0 Å². The van der Waals surface area contributed by atoms with Crippen molar-refractivity contribution < 1.29 is 28.6 Å². The van der Waals surface area contributed by atoms with E-state index in [0.29, 0.717) is 19.3 Å². The fourth-order valence-electron chi connectivity index (χ4n) is 6.90. The normalized spacial score (nSPS) is 12.3.